The molecule has 1 N–H and O–H groups in total. The van der Waals surface area contributed by atoms with Crippen LogP contribution < -0.4 is 5.32 Å². The fourth-order valence-corrected chi connectivity index (χ4v) is 4.19. The van der Waals surface area contributed by atoms with Gasteiger partial charge in [-0.05, 0) is 42.9 Å². The van der Waals surface area contributed by atoms with E-state index < -0.39 is 0 Å². The summed E-state index contributed by atoms with van der Waals surface area (Å²) in [4.78, 5) is 17.4. The fraction of sp³-hybridized carbons (Fsp3) is 0.353. The highest BCUT2D eigenvalue weighted by Crippen LogP contribution is 2.40. The first-order chi connectivity index (χ1) is 10.7. The van der Waals surface area contributed by atoms with Crippen LogP contribution in [0.4, 0.5) is 5.00 Å². The molecule has 1 aliphatic rings. The van der Waals surface area contributed by atoms with E-state index >= 15 is 0 Å². The van der Waals surface area contributed by atoms with E-state index in [4.69, 9.17) is 0 Å². The van der Waals surface area contributed by atoms with E-state index in [2.05, 4.69) is 23.3 Å². The molecule has 0 radical (unpaired) electrons. The molecule has 4 nitrogen and oxygen atoms in total. The summed E-state index contributed by atoms with van der Waals surface area (Å²) >= 11 is 1.56. The van der Waals surface area contributed by atoms with Crippen molar-refractivity contribution in [1.29, 1.82) is 5.26 Å². The van der Waals surface area contributed by atoms with E-state index in [0.717, 1.165) is 31.2 Å². The smallest absolute Gasteiger partial charge is 0.256 e. The van der Waals surface area contributed by atoms with E-state index in [1.54, 1.807) is 35.9 Å². The van der Waals surface area contributed by atoms with Crippen molar-refractivity contribution in [3.63, 3.8) is 0 Å². The highest BCUT2D eigenvalue weighted by Gasteiger charge is 2.25. The van der Waals surface area contributed by atoms with Gasteiger partial charge in [-0.3, -0.25) is 9.78 Å². The molecule has 0 saturated heterocycles. The van der Waals surface area contributed by atoms with Crippen LogP contribution in [0.1, 0.15) is 46.1 Å². The van der Waals surface area contributed by atoms with Crippen molar-refractivity contribution in [2.75, 3.05) is 5.32 Å². The van der Waals surface area contributed by atoms with Crippen LogP contribution in [-0.2, 0) is 12.8 Å². The Kier molecular flexibility index (Phi) is 4.21. The van der Waals surface area contributed by atoms with Gasteiger partial charge < -0.3 is 5.32 Å². The maximum atomic E-state index is 12.3. The van der Waals surface area contributed by atoms with Gasteiger partial charge in [0.05, 0.1) is 5.56 Å². The van der Waals surface area contributed by atoms with E-state index in [9.17, 15) is 10.1 Å². The molecule has 0 bridgehead atoms. The minimum absolute atomic E-state index is 0.190. The van der Waals surface area contributed by atoms with E-state index in [1.807, 2.05) is 0 Å². The third kappa shape index (κ3) is 2.75. The van der Waals surface area contributed by atoms with Crippen molar-refractivity contribution in [3.05, 3.63) is 46.1 Å². The molecule has 1 aliphatic carbocycles. The second-order valence-corrected chi connectivity index (χ2v) is 6.63. The number of amides is 1. The summed E-state index contributed by atoms with van der Waals surface area (Å²) in [5.41, 5.74) is 2.34. The van der Waals surface area contributed by atoms with Crippen molar-refractivity contribution < 1.29 is 4.79 Å². The monoisotopic (exact) mass is 311 g/mol. The largest absolute Gasteiger partial charge is 0.312 e. The summed E-state index contributed by atoms with van der Waals surface area (Å²) in [6.07, 6.45) is 7.44. The maximum absolute atomic E-state index is 12.3. The third-order valence-electron chi connectivity index (χ3n) is 4.23. The molecule has 1 amide bonds. The minimum Gasteiger partial charge on any atom is -0.312 e. The lowest BCUT2D eigenvalue weighted by atomic mass is 9.86. The Morgan fingerprint density at radius 3 is 2.95 bits per heavy atom. The van der Waals surface area contributed by atoms with Crippen LogP contribution in [0.3, 0.4) is 0 Å². The molecular formula is C17H17N3OS. The molecule has 2 aromatic rings. The van der Waals surface area contributed by atoms with Crippen molar-refractivity contribution >= 4 is 22.2 Å². The van der Waals surface area contributed by atoms with Crippen LogP contribution in [-0.4, -0.2) is 10.9 Å². The Bertz CT molecular complexity index is 730. The van der Waals surface area contributed by atoms with Crippen LogP contribution in [0.15, 0.2) is 24.5 Å². The van der Waals surface area contributed by atoms with Gasteiger partial charge in [-0.1, -0.05) is 13.3 Å². The normalized spacial score (nSPS) is 16.6. The number of anilines is 1. The average Bonchev–Trinajstić information content (AvgIpc) is 2.91. The summed E-state index contributed by atoms with van der Waals surface area (Å²) in [5, 5.41) is 13.0. The van der Waals surface area contributed by atoms with Crippen LogP contribution in [0.2, 0.25) is 0 Å². The number of fused-ring (bicyclic) bond motifs is 1. The van der Waals surface area contributed by atoms with Crippen molar-refractivity contribution in [2.24, 2.45) is 5.92 Å². The molecule has 0 aromatic carbocycles. The quantitative estimate of drug-likeness (QED) is 0.938. The minimum atomic E-state index is -0.190. The Morgan fingerprint density at radius 1 is 1.50 bits per heavy atom. The predicted molar refractivity (Wildman–Crippen MR) is 87.0 cm³/mol. The molecule has 0 spiro atoms. The van der Waals surface area contributed by atoms with E-state index in [-0.39, 0.29) is 5.91 Å². The van der Waals surface area contributed by atoms with Crippen LogP contribution in [0.5, 0.6) is 0 Å². The van der Waals surface area contributed by atoms with Crippen molar-refractivity contribution in [3.8, 4) is 6.07 Å². The number of hydrogen-bond acceptors (Lipinski definition) is 4. The van der Waals surface area contributed by atoms with Gasteiger partial charge in [0.2, 0.25) is 0 Å². The molecule has 22 heavy (non-hydrogen) atoms. The zero-order valence-corrected chi connectivity index (χ0v) is 13.2. The molecule has 0 saturated carbocycles. The summed E-state index contributed by atoms with van der Waals surface area (Å²) < 4.78 is 0. The first-order valence-electron chi connectivity index (χ1n) is 7.49. The van der Waals surface area contributed by atoms with Crippen molar-refractivity contribution in [2.45, 2.75) is 32.6 Å². The molecule has 112 valence electrons. The predicted octanol–water partition coefficient (Wildman–Crippen LogP) is 3.78. The lowest BCUT2D eigenvalue weighted by molar-refractivity contribution is 0.102. The number of aromatic nitrogens is 1. The molecular weight excluding hydrogens is 294 g/mol. The number of thiophene rings is 1. The first kappa shape index (κ1) is 14.7. The van der Waals surface area contributed by atoms with E-state index in [1.165, 1.54) is 4.88 Å². The van der Waals surface area contributed by atoms with Gasteiger partial charge in [0.15, 0.2) is 0 Å². The summed E-state index contributed by atoms with van der Waals surface area (Å²) in [6, 6.07) is 5.61. The first-order valence-corrected chi connectivity index (χ1v) is 8.30. The number of rotatable bonds is 3. The fourth-order valence-electron chi connectivity index (χ4n) is 2.89. The molecule has 1 unspecified atom stereocenters. The highest BCUT2D eigenvalue weighted by molar-refractivity contribution is 7.16. The van der Waals surface area contributed by atoms with Crippen LogP contribution in [0.25, 0.3) is 0 Å². The zero-order valence-electron chi connectivity index (χ0n) is 12.4. The molecule has 2 aromatic heterocycles. The van der Waals surface area contributed by atoms with Gasteiger partial charge in [-0.2, -0.15) is 5.26 Å². The Labute approximate surface area is 133 Å². The van der Waals surface area contributed by atoms with Crippen molar-refractivity contribution in [1.82, 2.24) is 4.98 Å². The van der Waals surface area contributed by atoms with Crippen LogP contribution in [0, 0.1) is 17.2 Å². The topological polar surface area (TPSA) is 65.8 Å². The van der Waals surface area contributed by atoms with Gasteiger partial charge in [0.1, 0.15) is 11.1 Å². The molecule has 5 heteroatoms. The molecule has 1 atom stereocenters. The number of hydrogen-bond donors (Lipinski definition) is 1. The number of nitrogens with zero attached hydrogens (tertiary/aromatic N) is 2. The average molecular weight is 311 g/mol. The Balaban J connectivity index is 1.87. The second-order valence-electron chi connectivity index (χ2n) is 5.53. The zero-order chi connectivity index (χ0) is 15.5. The molecule has 2 heterocycles. The van der Waals surface area contributed by atoms with Gasteiger partial charge in [0.25, 0.3) is 5.91 Å². The van der Waals surface area contributed by atoms with Crippen LogP contribution >= 0.6 is 11.3 Å². The lowest BCUT2D eigenvalue weighted by Gasteiger charge is -2.20. The summed E-state index contributed by atoms with van der Waals surface area (Å²) in [6.45, 7) is 2.21. The Hall–Kier alpha value is -2.19. The molecule has 0 fully saturated rings. The molecule has 3 rings (SSSR count). The molecule has 0 aliphatic heterocycles. The number of carbonyl (C=O) groups is 1. The number of nitriles is 1. The second kappa shape index (κ2) is 6.29. The highest BCUT2D eigenvalue weighted by atomic mass is 32.1. The number of carbonyl (C=O) groups excluding carboxylic acids is 1. The third-order valence-corrected chi connectivity index (χ3v) is 5.40. The summed E-state index contributed by atoms with van der Waals surface area (Å²) in [5.74, 6) is 0.506. The number of nitrogens with one attached hydrogen (secondary N) is 1. The van der Waals surface area contributed by atoms with Gasteiger partial charge in [-0.25, -0.2) is 0 Å². The van der Waals surface area contributed by atoms with E-state index in [0.29, 0.717) is 22.0 Å². The number of pyridine rings is 1. The standard InChI is InChI=1S/C17H17N3OS/c1-2-11-3-4-13-14(10-18)17(22-15(13)9-11)20-16(21)12-5-7-19-8-6-12/h5-8,11H,2-4,9H2,1H3,(H,20,21). The summed E-state index contributed by atoms with van der Waals surface area (Å²) in [7, 11) is 0. The van der Waals surface area contributed by atoms with Gasteiger partial charge in [0, 0.05) is 22.8 Å². The SMILES string of the molecule is CCC1CCc2c(sc(NC(=O)c3ccncc3)c2C#N)C1. The Morgan fingerprint density at radius 2 is 2.27 bits per heavy atom. The lowest BCUT2D eigenvalue weighted by Crippen LogP contribution is -2.12. The van der Waals surface area contributed by atoms with Gasteiger partial charge >= 0.3 is 0 Å². The maximum Gasteiger partial charge on any atom is 0.256 e. The van der Waals surface area contributed by atoms with Gasteiger partial charge in [-0.15, -0.1) is 11.3 Å².